The van der Waals surface area contributed by atoms with E-state index in [1.807, 2.05) is 0 Å². The highest BCUT2D eigenvalue weighted by molar-refractivity contribution is 7.81. The van der Waals surface area contributed by atoms with E-state index in [0.717, 1.165) is 6.20 Å². The average Bonchev–Trinajstić information content (AvgIpc) is 1.68. The first-order valence-corrected chi connectivity index (χ1v) is 43.6. The number of aliphatic carboxylic acids is 4. The molecule has 740 valence electrons. The van der Waals surface area contributed by atoms with Crippen molar-refractivity contribution in [1.29, 1.82) is 5.41 Å². The lowest BCUT2D eigenvalue weighted by Crippen LogP contribution is -2.61. The number of aldehydes is 1. The Labute approximate surface area is 780 Å². The van der Waals surface area contributed by atoms with Gasteiger partial charge in [-0.3, -0.25) is 112 Å². The number of aromatic nitrogens is 2. The van der Waals surface area contributed by atoms with E-state index in [9.17, 15) is 141 Å². The summed E-state index contributed by atoms with van der Waals surface area (Å²) in [6, 6.07) is -26.2. The average molecular weight is 1970 g/mol. The number of carbonyl (C=O) groups excluding carboxylic acids is 18. The second kappa shape index (κ2) is 63.9. The molecule has 132 heavy (non-hydrogen) atoms. The van der Waals surface area contributed by atoms with Gasteiger partial charge in [-0.15, -0.1) is 0 Å². The summed E-state index contributed by atoms with van der Waals surface area (Å²) < 4.78 is 1.22. The van der Waals surface area contributed by atoms with Crippen molar-refractivity contribution in [2.24, 2.45) is 28.7 Å². The van der Waals surface area contributed by atoms with E-state index in [1.54, 1.807) is 0 Å². The number of amides is 17. The summed E-state index contributed by atoms with van der Waals surface area (Å²) in [6.45, 7) is -1.04. The van der Waals surface area contributed by atoms with Crippen LogP contribution < -0.4 is 125 Å². The highest BCUT2D eigenvalue weighted by Gasteiger charge is 2.39. The van der Waals surface area contributed by atoms with Crippen molar-refractivity contribution >= 4 is 206 Å². The number of nitrogens with one attached hydrogen (secondary N) is 19. The number of aryl methyl sites for hydroxylation is 1. The smallest absolute Gasteiger partial charge is 0.342 e. The molecule has 0 radical (unpaired) electrons. The van der Waals surface area contributed by atoms with Crippen molar-refractivity contribution < 1.29 is 136 Å². The molecule has 0 aromatic carbocycles. The number of carboxylic acid groups (broad SMARTS) is 4. The fourth-order valence-corrected chi connectivity index (χ4v) is 12.8. The van der Waals surface area contributed by atoms with E-state index >= 15 is 0 Å². The third-order valence-corrected chi connectivity index (χ3v) is 20.4. The Morgan fingerprint density at radius 1 is 0.424 bits per heavy atom. The maximum atomic E-state index is 14.2. The number of imidazole rings is 1. The molecule has 0 spiro atoms. The molecule has 15 atom stereocenters. The van der Waals surface area contributed by atoms with E-state index in [0.29, 0.717) is 6.29 Å². The van der Waals surface area contributed by atoms with Gasteiger partial charge in [0, 0.05) is 68.0 Å². The number of nitro groups is 1. The lowest BCUT2D eigenvalue weighted by Gasteiger charge is -2.27. The number of thiol groups is 5. The van der Waals surface area contributed by atoms with Gasteiger partial charge < -0.3 is 154 Å². The summed E-state index contributed by atoms with van der Waals surface area (Å²) in [6.07, 6.45) is -6.16. The summed E-state index contributed by atoms with van der Waals surface area (Å²) in [5.74, 6) is -29.6. The van der Waals surface area contributed by atoms with Gasteiger partial charge in [0.25, 0.3) is 0 Å². The molecule has 1 rings (SSSR count). The Morgan fingerprint density at radius 3 is 1.14 bits per heavy atom. The first-order chi connectivity index (χ1) is 62.3. The van der Waals surface area contributed by atoms with E-state index < -0.39 is 320 Å². The lowest BCUT2D eigenvalue weighted by molar-refractivity contribution is -0.392. The number of carboxylic acids is 4. The van der Waals surface area contributed by atoms with Gasteiger partial charge in [-0.2, -0.15) is 63.1 Å². The molecule has 34 N–H and O–H groups in total. The number of guanidine groups is 1. The molecule has 1 aromatic rings. The number of aliphatic hydroxyl groups excluding tert-OH is 1. The number of aliphatic hydroxyl groups is 1. The molecule has 0 unspecified atom stereocenters. The van der Waals surface area contributed by atoms with Crippen LogP contribution in [0.5, 0.6) is 0 Å². The van der Waals surface area contributed by atoms with Gasteiger partial charge in [-0.25, -0.2) is 15.0 Å². The molecule has 0 saturated heterocycles. The monoisotopic (exact) mass is 1970 g/mol. The molecule has 1 heterocycles. The van der Waals surface area contributed by atoms with Crippen molar-refractivity contribution in [1.82, 2.24) is 105 Å². The highest BCUT2D eigenvalue weighted by Crippen LogP contribution is 2.15. The van der Waals surface area contributed by atoms with Gasteiger partial charge in [-0.1, -0.05) is 0 Å². The number of carbonyl (C=O) groups is 22. The number of rotatable bonds is 70. The maximum Gasteiger partial charge on any atom is 0.342 e. The number of hydrazine groups is 1. The van der Waals surface area contributed by atoms with Crippen molar-refractivity contribution in [3.8, 4) is 0 Å². The third kappa shape index (κ3) is 46.2. The Balaban J connectivity index is 3.47. The second-order valence-electron chi connectivity index (χ2n) is 28.9. The number of nitrogens with zero attached hydrogens (tertiary/aromatic N) is 3. The predicted octanol–water partition coefficient (Wildman–Crippen LogP) is -13.4. The van der Waals surface area contributed by atoms with Crippen LogP contribution in [-0.4, -0.2) is 335 Å². The fraction of sp³-hybridized carbons (Fsp3) is 0.634. The van der Waals surface area contributed by atoms with Gasteiger partial charge in [0.2, 0.25) is 100 Å². The zero-order valence-electron chi connectivity index (χ0n) is 71.3. The minimum Gasteiger partial charge on any atom is -0.481 e. The van der Waals surface area contributed by atoms with Crippen LogP contribution in [0.15, 0.2) is 6.20 Å². The van der Waals surface area contributed by atoms with Crippen molar-refractivity contribution in [3.05, 3.63) is 22.1 Å². The Hall–Kier alpha value is -12.0. The van der Waals surface area contributed by atoms with Crippen LogP contribution in [0.2, 0.25) is 0 Å². The van der Waals surface area contributed by atoms with E-state index in [4.69, 9.17) is 34.1 Å². The normalized spacial score (nSPS) is 14.3. The predicted molar refractivity (Wildman–Crippen MR) is 476 cm³/mol. The van der Waals surface area contributed by atoms with Crippen LogP contribution in [-0.2, 0) is 112 Å². The molecule has 0 bridgehead atoms. The Bertz CT molecular complexity index is 4180. The largest absolute Gasteiger partial charge is 0.481 e. The summed E-state index contributed by atoms with van der Waals surface area (Å²) in [7, 11) is 0. The van der Waals surface area contributed by atoms with Gasteiger partial charge in [-0.05, 0) is 88.6 Å². The number of hydrogen-bond donors (Lipinski definition) is 34. The first kappa shape index (κ1) is 118. The number of unbranched alkanes of at least 4 members (excludes halogenated alkanes) is 2. The van der Waals surface area contributed by atoms with Crippen LogP contribution in [0.4, 0.5) is 5.82 Å². The molecular weight excluding hydrogens is 1860 g/mol. The Kier molecular flexibility index (Phi) is 57.1. The van der Waals surface area contributed by atoms with Crippen LogP contribution >= 0.6 is 63.1 Å². The zero-order chi connectivity index (χ0) is 100. The van der Waals surface area contributed by atoms with Gasteiger partial charge in [0.05, 0.1) is 38.5 Å². The minimum atomic E-state index is -2.11. The van der Waals surface area contributed by atoms with Gasteiger partial charge >= 0.3 is 29.7 Å². The summed E-state index contributed by atoms with van der Waals surface area (Å²) >= 11 is 20.3. The van der Waals surface area contributed by atoms with E-state index in [1.165, 1.54) is 11.5 Å². The summed E-state index contributed by atoms with van der Waals surface area (Å²) in [5.41, 5.74) is 32.8. The topological polar surface area (TPSA) is 908 Å². The molecule has 0 aliphatic heterocycles. The van der Waals surface area contributed by atoms with Crippen molar-refractivity contribution in [2.75, 3.05) is 68.1 Å². The minimum absolute atomic E-state index is 0.0505. The third-order valence-electron chi connectivity index (χ3n) is 18.6. The van der Waals surface area contributed by atoms with Gasteiger partial charge in [0.1, 0.15) is 104 Å². The van der Waals surface area contributed by atoms with Crippen LogP contribution in [0.3, 0.4) is 0 Å². The van der Waals surface area contributed by atoms with E-state index in [-0.39, 0.29) is 101 Å². The molecule has 0 aliphatic rings. The number of hydrogen-bond acceptors (Lipinski definition) is 36. The molecule has 61 heteroatoms. The van der Waals surface area contributed by atoms with E-state index in [2.05, 4.69) is 164 Å². The van der Waals surface area contributed by atoms with Crippen LogP contribution in [0.1, 0.15) is 115 Å². The Morgan fingerprint density at radius 2 is 0.765 bits per heavy atom. The maximum absolute atomic E-state index is 14.2. The zero-order valence-corrected chi connectivity index (χ0v) is 75.8. The first-order valence-electron chi connectivity index (χ1n) is 40.5. The molecule has 56 nitrogen and oxygen atoms in total. The van der Waals surface area contributed by atoms with Crippen molar-refractivity contribution in [2.45, 2.75) is 213 Å². The second-order valence-corrected chi connectivity index (χ2v) is 30.7. The van der Waals surface area contributed by atoms with Gasteiger partial charge in [0.15, 0.2) is 11.8 Å². The molecular formula is C71H117N27O29S5. The summed E-state index contributed by atoms with van der Waals surface area (Å²) in [4.78, 5) is 305. The number of nitrogens with two attached hydrogens (primary N) is 5. The quantitative estimate of drug-likeness (QED) is 0.00548. The molecule has 0 aliphatic carbocycles. The SMILES string of the molecule is Cc1ncc([N+](=O)[O-])n1CCNN[C@@H](CCC(=O)O)C(=O)N[C@@H](CC(=O)O)C(=O)N[C@@H](CCCCN)C(=O)N[C@@H](CC(N)=O)C(=O)N[C@@H](CS)C(=O)NCC(=O)N[C@@H](CCCCN)C(=O)N[C@@H](CCC(N)=O)C(=O)N[C@@H](CO)C(=O)N[C@@H](CS)C(=O)N[C@@H](CCCNC(=N)N)C(=O)N[C@@H](CC(=O)O)C(=O)N[C@@H](CS)C(=O)N[C@@H](CCC(=O)O)C(=O)N[C@@H](CS)C(=O)N[C@H](C=O)CS. The van der Waals surface area contributed by atoms with Crippen molar-refractivity contribution in [3.63, 3.8) is 0 Å². The number of primary amides is 2. The fourth-order valence-electron chi connectivity index (χ4n) is 11.5. The standard InChI is InChI=1S/C71H117N27O29S5/c1-33-79-25-52(98(126)127)97(33)20-19-81-96-40(12-15-54(106)107)63(118)90-42(22-55(108)109)65(120)84-36(8-3-5-17-73)59(114)88-41(21-50(75)102)64(119)92-45(29-129)57(112)80-24-51(103)83-35(7-2-4-16-72)58(113)86-38(10-13-49(74)101)61(116)91-44(27-100)67(122)95-48(32-132)69(124)85-37(9-6-18-78-71(76)77)60(115)89-43(23-56(110)111)66(121)94-47(31-131)70(125)87-39(11-14-53(104)105)62(117)93-46(30-130)68(123)82-34(26-99)28-128/h25-26,34-48,81,96,100,128-132H,2-24,27-32,72-73H2,1H3,(H2,74,101)(H2,75,102)(H,80,112)(H,82,123)(H,83,103)(H,84,120)(H,85,124)(H,86,113)(H,87,125)(H,88,114)(H,89,115)(H,90,118)(H,91,116)(H,92,119)(H,93,117)(H,94,121)(H,95,122)(H,104,105)(H,106,107)(H,108,109)(H,110,111)(H4,76,77,78)/t34-,35+,36+,37+,38+,39+,40+,41+,42+,43+,44+,45+,46+,47+,48+/m1/s1. The van der Waals surface area contributed by atoms with Crippen LogP contribution in [0.25, 0.3) is 0 Å². The molecule has 1 aromatic heterocycles. The molecule has 17 amide bonds. The molecule has 0 fully saturated rings. The van der Waals surface area contributed by atoms with Crippen LogP contribution in [0, 0.1) is 22.4 Å². The highest BCUT2D eigenvalue weighted by atomic mass is 32.1. The summed E-state index contributed by atoms with van der Waals surface area (Å²) in [5, 5.41) is 104. The molecule has 0 saturated carbocycles. The lowest BCUT2D eigenvalue weighted by atomic mass is 10.0.